The number of carbonyl (C=O) groups is 1. The summed E-state index contributed by atoms with van der Waals surface area (Å²) >= 11 is 5.97. The fourth-order valence-electron chi connectivity index (χ4n) is 3.33. The van der Waals surface area contributed by atoms with E-state index in [0.717, 1.165) is 30.0 Å². The summed E-state index contributed by atoms with van der Waals surface area (Å²) < 4.78 is 5.30. The van der Waals surface area contributed by atoms with Gasteiger partial charge >= 0.3 is 6.03 Å². The van der Waals surface area contributed by atoms with E-state index in [9.17, 15) is 4.79 Å². The predicted molar refractivity (Wildman–Crippen MR) is 112 cm³/mol. The zero-order valence-corrected chi connectivity index (χ0v) is 17.0. The Bertz CT molecular complexity index is 792. The molecule has 2 aromatic rings. The van der Waals surface area contributed by atoms with Crippen LogP contribution in [0.25, 0.3) is 0 Å². The van der Waals surface area contributed by atoms with Gasteiger partial charge in [-0.15, -0.1) is 0 Å². The maximum absolute atomic E-state index is 12.2. The summed E-state index contributed by atoms with van der Waals surface area (Å²) in [4.78, 5) is 19.0. The van der Waals surface area contributed by atoms with Crippen LogP contribution in [0.5, 0.6) is 5.75 Å². The van der Waals surface area contributed by atoms with Crippen LogP contribution in [0.15, 0.2) is 36.5 Å². The van der Waals surface area contributed by atoms with Crippen molar-refractivity contribution < 1.29 is 9.53 Å². The molecular formula is C21H27ClN4O2. The molecule has 2 heterocycles. The van der Waals surface area contributed by atoms with E-state index >= 15 is 0 Å². The third-order valence-electron chi connectivity index (χ3n) is 4.88. The van der Waals surface area contributed by atoms with E-state index in [-0.39, 0.29) is 6.03 Å². The van der Waals surface area contributed by atoms with E-state index in [1.54, 1.807) is 19.2 Å². The lowest BCUT2D eigenvalue weighted by atomic mass is 10.2. The number of hydrogen-bond acceptors (Lipinski definition) is 4. The summed E-state index contributed by atoms with van der Waals surface area (Å²) in [6.07, 6.45) is 6.81. The van der Waals surface area contributed by atoms with Gasteiger partial charge in [-0.05, 0) is 42.7 Å². The third kappa shape index (κ3) is 5.76. The first-order valence-electron chi connectivity index (χ1n) is 9.69. The number of methoxy groups -OCH3 is 1. The van der Waals surface area contributed by atoms with Crippen molar-refractivity contribution in [2.75, 3.05) is 25.1 Å². The standard InChI is InChI=1S/C21H27ClN4O2/c1-28-19-13-18(22)7-6-17(19)15-25-21(27)24-14-16-8-9-23-20(12-16)26-10-4-2-3-5-11-26/h6-9,12-13H,2-5,10-11,14-15H2,1H3,(H2,24,25,27). The predicted octanol–water partition coefficient (Wildman–Crippen LogP) is 4.12. The van der Waals surface area contributed by atoms with Gasteiger partial charge in [0.15, 0.2) is 0 Å². The highest BCUT2D eigenvalue weighted by atomic mass is 35.5. The second-order valence-electron chi connectivity index (χ2n) is 6.92. The number of benzene rings is 1. The number of ether oxygens (including phenoxy) is 1. The summed E-state index contributed by atoms with van der Waals surface area (Å²) in [5, 5.41) is 6.35. The average Bonchev–Trinajstić information content (AvgIpc) is 3.01. The molecular weight excluding hydrogens is 376 g/mol. The van der Waals surface area contributed by atoms with Gasteiger partial charge in [0.2, 0.25) is 0 Å². The molecule has 0 atom stereocenters. The maximum atomic E-state index is 12.2. The molecule has 1 saturated heterocycles. The van der Waals surface area contributed by atoms with Crippen molar-refractivity contribution in [3.63, 3.8) is 0 Å². The Labute approximate surface area is 171 Å². The molecule has 7 heteroatoms. The Kier molecular flexibility index (Phi) is 7.37. The second-order valence-corrected chi connectivity index (χ2v) is 7.35. The van der Waals surface area contributed by atoms with E-state index in [0.29, 0.717) is 23.9 Å². The van der Waals surface area contributed by atoms with Gasteiger partial charge in [-0.25, -0.2) is 9.78 Å². The molecule has 3 rings (SSSR count). The van der Waals surface area contributed by atoms with E-state index in [2.05, 4.69) is 26.6 Å². The zero-order valence-electron chi connectivity index (χ0n) is 16.2. The molecule has 1 aliphatic rings. The molecule has 0 spiro atoms. The normalized spacial score (nSPS) is 14.3. The SMILES string of the molecule is COc1cc(Cl)ccc1CNC(=O)NCc1ccnc(N2CCCCCC2)c1. The van der Waals surface area contributed by atoms with E-state index in [1.807, 2.05) is 18.3 Å². The summed E-state index contributed by atoms with van der Waals surface area (Å²) in [6.45, 7) is 2.91. The lowest BCUT2D eigenvalue weighted by Crippen LogP contribution is -2.34. The van der Waals surface area contributed by atoms with Crippen LogP contribution in [0.3, 0.4) is 0 Å². The molecule has 6 nitrogen and oxygen atoms in total. The zero-order chi connectivity index (χ0) is 19.8. The number of aromatic nitrogens is 1. The largest absolute Gasteiger partial charge is 0.496 e. The average molecular weight is 403 g/mol. The monoisotopic (exact) mass is 402 g/mol. The van der Waals surface area contributed by atoms with Crippen molar-refractivity contribution in [1.29, 1.82) is 0 Å². The first-order chi connectivity index (χ1) is 13.7. The van der Waals surface area contributed by atoms with Crippen LogP contribution in [-0.4, -0.2) is 31.2 Å². The van der Waals surface area contributed by atoms with Crippen molar-refractivity contribution in [3.8, 4) is 5.75 Å². The Balaban J connectivity index is 1.51. The Hall–Kier alpha value is -2.47. The first-order valence-corrected chi connectivity index (χ1v) is 10.1. The quantitative estimate of drug-likeness (QED) is 0.762. The fourth-order valence-corrected chi connectivity index (χ4v) is 3.49. The molecule has 0 saturated carbocycles. The molecule has 1 aromatic heterocycles. The Morgan fingerprint density at radius 2 is 1.86 bits per heavy atom. The van der Waals surface area contributed by atoms with Gasteiger partial charge in [0.25, 0.3) is 0 Å². The summed E-state index contributed by atoms with van der Waals surface area (Å²) in [7, 11) is 1.58. The highest BCUT2D eigenvalue weighted by Gasteiger charge is 2.12. The van der Waals surface area contributed by atoms with Crippen LogP contribution in [0.1, 0.15) is 36.8 Å². The van der Waals surface area contributed by atoms with Crippen molar-refractivity contribution in [1.82, 2.24) is 15.6 Å². The smallest absolute Gasteiger partial charge is 0.315 e. The van der Waals surface area contributed by atoms with Gasteiger partial charge < -0.3 is 20.3 Å². The van der Waals surface area contributed by atoms with Crippen LogP contribution in [0.2, 0.25) is 5.02 Å². The lowest BCUT2D eigenvalue weighted by molar-refractivity contribution is 0.240. The lowest BCUT2D eigenvalue weighted by Gasteiger charge is -2.21. The maximum Gasteiger partial charge on any atom is 0.315 e. The van der Waals surface area contributed by atoms with E-state index < -0.39 is 0 Å². The van der Waals surface area contributed by atoms with Crippen LogP contribution < -0.4 is 20.3 Å². The van der Waals surface area contributed by atoms with Gasteiger partial charge in [-0.3, -0.25) is 0 Å². The molecule has 0 bridgehead atoms. The molecule has 1 aliphatic heterocycles. The molecule has 150 valence electrons. The fraction of sp³-hybridized carbons (Fsp3) is 0.429. The molecule has 1 fully saturated rings. The summed E-state index contributed by atoms with van der Waals surface area (Å²) in [6, 6.07) is 9.12. The number of nitrogens with one attached hydrogen (secondary N) is 2. The first kappa shape index (κ1) is 20.3. The topological polar surface area (TPSA) is 66.5 Å². The third-order valence-corrected chi connectivity index (χ3v) is 5.12. The molecule has 2 N–H and O–H groups in total. The number of pyridine rings is 1. The molecule has 0 unspecified atom stereocenters. The van der Waals surface area contributed by atoms with Crippen molar-refractivity contribution in [3.05, 3.63) is 52.7 Å². The van der Waals surface area contributed by atoms with Crippen LogP contribution in [0, 0.1) is 0 Å². The number of nitrogens with zero attached hydrogens (tertiary/aromatic N) is 2. The molecule has 0 aliphatic carbocycles. The molecule has 1 aromatic carbocycles. The number of amides is 2. The summed E-state index contributed by atoms with van der Waals surface area (Å²) in [5.74, 6) is 1.65. The minimum atomic E-state index is -0.231. The number of hydrogen-bond donors (Lipinski definition) is 2. The number of rotatable bonds is 6. The van der Waals surface area contributed by atoms with Crippen LogP contribution in [0.4, 0.5) is 10.6 Å². The van der Waals surface area contributed by atoms with Crippen molar-refractivity contribution in [2.24, 2.45) is 0 Å². The number of anilines is 1. The Morgan fingerprint density at radius 3 is 2.61 bits per heavy atom. The molecule has 28 heavy (non-hydrogen) atoms. The van der Waals surface area contributed by atoms with Gasteiger partial charge in [0.05, 0.1) is 7.11 Å². The summed E-state index contributed by atoms with van der Waals surface area (Å²) in [5.41, 5.74) is 1.91. The van der Waals surface area contributed by atoms with Gasteiger partial charge in [0.1, 0.15) is 11.6 Å². The number of halogens is 1. The second kappa shape index (κ2) is 10.2. The number of carbonyl (C=O) groups excluding carboxylic acids is 1. The van der Waals surface area contributed by atoms with E-state index in [4.69, 9.17) is 16.3 Å². The molecule has 2 amide bonds. The minimum Gasteiger partial charge on any atom is -0.496 e. The van der Waals surface area contributed by atoms with Crippen molar-refractivity contribution >= 4 is 23.4 Å². The highest BCUT2D eigenvalue weighted by Crippen LogP contribution is 2.23. The Morgan fingerprint density at radius 1 is 1.11 bits per heavy atom. The van der Waals surface area contributed by atoms with E-state index in [1.165, 1.54) is 25.7 Å². The number of urea groups is 1. The van der Waals surface area contributed by atoms with Crippen LogP contribution in [-0.2, 0) is 13.1 Å². The highest BCUT2D eigenvalue weighted by molar-refractivity contribution is 6.30. The minimum absolute atomic E-state index is 0.231. The van der Waals surface area contributed by atoms with Crippen molar-refractivity contribution in [2.45, 2.75) is 38.8 Å². The molecule has 0 radical (unpaired) electrons. The van der Waals surface area contributed by atoms with Crippen LogP contribution >= 0.6 is 11.6 Å². The van der Waals surface area contributed by atoms with Gasteiger partial charge in [-0.2, -0.15) is 0 Å². The van der Waals surface area contributed by atoms with Gasteiger partial charge in [0, 0.05) is 43.0 Å². The van der Waals surface area contributed by atoms with Gasteiger partial charge in [-0.1, -0.05) is 30.5 Å².